The number of hydrogen-bond donors (Lipinski definition) is 1. The molecule has 3 aromatic rings. The molecule has 1 atom stereocenters. The lowest BCUT2D eigenvalue weighted by Crippen LogP contribution is -2.30. The zero-order valence-electron chi connectivity index (χ0n) is 17.7. The Morgan fingerprint density at radius 1 is 1.15 bits per heavy atom. The number of carbonyl (C=O) groups excluding carboxylic acids is 1. The summed E-state index contributed by atoms with van der Waals surface area (Å²) < 4.78 is 30.6. The number of halogens is 2. The molecular formula is C24H21F2N5O2. The Kier molecular flexibility index (Phi) is 5.29. The van der Waals surface area contributed by atoms with E-state index >= 15 is 4.39 Å². The van der Waals surface area contributed by atoms with Crippen molar-refractivity contribution < 1.29 is 13.6 Å². The van der Waals surface area contributed by atoms with Gasteiger partial charge in [-0.15, -0.1) is 0 Å². The van der Waals surface area contributed by atoms with E-state index in [1.54, 1.807) is 0 Å². The fourth-order valence-electron chi connectivity index (χ4n) is 4.44. The molecule has 0 unspecified atom stereocenters. The first-order valence-corrected chi connectivity index (χ1v) is 10.9. The number of nitrogens with zero attached hydrogens (tertiary/aromatic N) is 4. The van der Waals surface area contributed by atoms with E-state index in [1.807, 2.05) is 11.0 Å². The quantitative estimate of drug-likeness (QED) is 0.647. The first-order chi connectivity index (χ1) is 15.9. The van der Waals surface area contributed by atoms with E-state index in [1.165, 1.54) is 28.8 Å². The molecule has 9 heteroatoms. The highest BCUT2D eigenvalue weighted by molar-refractivity contribution is 5.81. The van der Waals surface area contributed by atoms with Crippen molar-refractivity contribution in [2.24, 2.45) is 11.8 Å². The SMILES string of the molecule is N#Cc1ccc(-c2ccc(-n3c(C[C@@H]4CCN(C(=O)C5CC5)C4)n[nH]c3=O)c(F)c2)c(F)c1. The van der Waals surface area contributed by atoms with Crippen molar-refractivity contribution >= 4 is 5.91 Å². The lowest BCUT2D eigenvalue weighted by molar-refractivity contribution is -0.131. The predicted molar refractivity (Wildman–Crippen MR) is 115 cm³/mol. The van der Waals surface area contributed by atoms with Gasteiger partial charge in [0.15, 0.2) is 0 Å². The van der Waals surface area contributed by atoms with Crippen LogP contribution in [0.25, 0.3) is 16.8 Å². The van der Waals surface area contributed by atoms with E-state index in [-0.39, 0.29) is 34.6 Å². The third kappa shape index (κ3) is 4.04. The molecule has 1 aromatic heterocycles. The van der Waals surface area contributed by atoms with Crippen LogP contribution in [0.2, 0.25) is 0 Å². The van der Waals surface area contributed by atoms with Crippen LogP contribution in [-0.4, -0.2) is 38.7 Å². The van der Waals surface area contributed by atoms with Crippen molar-refractivity contribution in [3.05, 3.63) is 69.9 Å². The Morgan fingerprint density at radius 2 is 1.97 bits per heavy atom. The van der Waals surface area contributed by atoms with Crippen LogP contribution >= 0.6 is 0 Å². The van der Waals surface area contributed by atoms with Crippen molar-refractivity contribution in [3.8, 4) is 22.9 Å². The van der Waals surface area contributed by atoms with Gasteiger partial charge >= 0.3 is 5.69 Å². The third-order valence-corrected chi connectivity index (χ3v) is 6.33. The molecule has 168 valence electrons. The zero-order valence-corrected chi connectivity index (χ0v) is 17.7. The largest absolute Gasteiger partial charge is 0.348 e. The van der Waals surface area contributed by atoms with Gasteiger partial charge in [0.1, 0.15) is 17.5 Å². The maximum atomic E-state index is 15.1. The summed E-state index contributed by atoms with van der Waals surface area (Å²) in [6.07, 6.45) is 3.15. The fourth-order valence-corrected chi connectivity index (χ4v) is 4.44. The van der Waals surface area contributed by atoms with Crippen molar-refractivity contribution in [1.29, 1.82) is 5.26 Å². The molecule has 1 amide bonds. The number of hydrogen-bond acceptors (Lipinski definition) is 4. The summed E-state index contributed by atoms with van der Waals surface area (Å²) in [6, 6.07) is 9.94. The summed E-state index contributed by atoms with van der Waals surface area (Å²) >= 11 is 0. The number of rotatable bonds is 5. The van der Waals surface area contributed by atoms with Crippen LogP contribution in [0.3, 0.4) is 0 Å². The van der Waals surface area contributed by atoms with E-state index < -0.39 is 17.3 Å². The van der Waals surface area contributed by atoms with Crippen LogP contribution < -0.4 is 5.69 Å². The van der Waals surface area contributed by atoms with Gasteiger partial charge in [-0.25, -0.2) is 23.2 Å². The molecule has 0 bridgehead atoms. The van der Waals surface area contributed by atoms with Crippen LogP contribution in [0.1, 0.15) is 30.7 Å². The Bertz CT molecular complexity index is 1340. The first-order valence-electron chi connectivity index (χ1n) is 10.9. The van der Waals surface area contributed by atoms with E-state index in [9.17, 15) is 14.0 Å². The van der Waals surface area contributed by atoms with Gasteiger partial charge in [0.05, 0.1) is 17.3 Å². The second-order valence-corrected chi connectivity index (χ2v) is 8.67. The molecule has 2 heterocycles. The number of H-pyrrole nitrogens is 1. The number of benzene rings is 2. The summed E-state index contributed by atoms with van der Waals surface area (Å²) in [7, 11) is 0. The smallest absolute Gasteiger partial charge is 0.342 e. The van der Waals surface area contributed by atoms with Crippen molar-refractivity contribution in [2.75, 3.05) is 13.1 Å². The number of likely N-dealkylation sites (tertiary alicyclic amines) is 1. The Labute approximate surface area is 188 Å². The van der Waals surface area contributed by atoms with Gasteiger partial charge in [0.25, 0.3) is 0 Å². The summed E-state index contributed by atoms with van der Waals surface area (Å²) in [5.74, 6) is -0.431. The summed E-state index contributed by atoms with van der Waals surface area (Å²) in [5, 5.41) is 15.4. The van der Waals surface area contributed by atoms with Gasteiger partial charge in [-0.1, -0.05) is 12.1 Å². The number of aromatic amines is 1. The number of carbonyl (C=O) groups is 1. The minimum atomic E-state index is -0.696. The van der Waals surface area contributed by atoms with E-state index in [4.69, 9.17) is 5.26 Å². The topological polar surface area (TPSA) is 94.8 Å². The average molecular weight is 449 g/mol. The number of nitrogens with one attached hydrogen (secondary N) is 1. The van der Waals surface area contributed by atoms with Crippen LogP contribution in [0.5, 0.6) is 0 Å². The molecule has 1 aliphatic heterocycles. The molecule has 2 aromatic carbocycles. The van der Waals surface area contributed by atoms with Crippen LogP contribution in [0.15, 0.2) is 41.2 Å². The maximum Gasteiger partial charge on any atom is 0.348 e. The number of aromatic nitrogens is 3. The normalized spacial score (nSPS) is 17.8. The number of nitriles is 1. The van der Waals surface area contributed by atoms with Gasteiger partial charge in [-0.3, -0.25) is 4.79 Å². The van der Waals surface area contributed by atoms with E-state index in [0.717, 1.165) is 31.4 Å². The van der Waals surface area contributed by atoms with Crippen LogP contribution in [0, 0.1) is 34.8 Å². The van der Waals surface area contributed by atoms with Crippen molar-refractivity contribution in [2.45, 2.75) is 25.7 Å². The first kappa shape index (κ1) is 21.1. The molecule has 5 rings (SSSR count). The molecular weight excluding hydrogens is 428 g/mol. The zero-order chi connectivity index (χ0) is 23.1. The maximum absolute atomic E-state index is 15.1. The molecule has 7 nitrogen and oxygen atoms in total. The van der Waals surface area contributed by atoms with Gasteiger partial charge in [-0.2, -0.15) is 10.4 Å². The molecule has 1 saturated heterocycles. The Balaban J connectivity index is 1.39. The van der Waals surface area contributed by atoms with Crippen LogP contribution in [0.4, 0.5) is 8.78 Å². The minimum Gasteiger partial charge on any atom is -0.342 e. The molecule has 2 fully saturated rings. The lowest BCUT2D eigenvalue weighted by atomic mass is 10.0. The van der Waals surface area contributed by atoms with Crippen molar-refractivity contribution in [3.63, 3.8) is 0 Å². The Hall–Kier alpha value is -3.80. The minimum absolute atomic E-state index is 0.0189. The highest BCUT2D eigenvalue weighted by atomic mass is 19.1. The molecule has 2 aliphatic rings. The second-order valence-electron chi connectivity index (χ2n) is 8.67. The van der Waals surface area contributed by atoms with Gasteiger partial charge in [0, 0.05) is 31.0 Å². The fraction of sp³-hybridized carbons (Fsp3) is 0.333. The summed E-state index contributed by atoms with van der Waals surface area (Å²) in [5.41, 5.74) is 0.0785. The van der Waals surface area contributed by atoms with Gasteiger partial charge in [-0.05, 0) is 55.0 Å². The van der Waals surface area contributed by atoms with Crippen molar-refractivity contribution in [1.82, 2.24) is 19.7 Å². The van der Waals surface area contributed by atoms with E-state index in [2.05, 4.69) is 10.2 Å². The van der Waals surface area contributed by atoms with Gasteiger partial charge in [0.2, 0.25) is 5.91 Å². The summed E-state index contributed by atoms with van der Waals surface area (Å²) in [4.78, 5) is 26.6. The number of amides is 1. The predicted octanol–water partition coefficient (Wildman–Crippen LogP) is 3.18. The molecule has 1 saturated carbocycles. The molecule has 1 aliphatic carbocycles. The van der Waals surface area contributed by atoms with Crippen LogP contribution in [-0.2, 0) is 11.2 Å². The highest BCUT2D eigenvalue weighted by Gasteiger charge is 2.37. The second kappa shape index (κ2) is 8.28. The van der Waals surface area contributed by atoms with Gasteiger partial charge < -0.3 is 4.90 Å². The lowest BCUT2D eigenvalue weighted by Gasteiger charge is -2.16. The molecule has 0 spiro atoms. The molecule has 0 radical (unpaired) electrons. The average Bonchev–Trinajstić information content (AvgIpc) is 3.46. The standard InChI is InChI=1S/C24H21F2N5O2/c25-19-9-14(12-27)1-5-18(19)17-4-6-21(20(26)11-17)31-22(28-29-24(31)33)10-15-7-8-30(13-15)23(32)16-2-3-16/h1,4-6,9,11,15-16H,2-3,7-8,10,13H2,(H,29,33)/t15-/m0/s1. The Morgan fingerprint density at radius 3 is 2.67 bits per heavy atom. The highest BCUT2D eigenvalue weighted by Crippen LogP contribution is 2.33. The third-order valence-electron chi connectivity index (χ3n) is 6.33. The monoisotopic (exact) mass is 449 g/mol. The molecule has 33 heavy (non-hydrogen) atoms. The summed E-state index contributed by atoms with van der Waals surface area (Å²) in [6.45, 7) is 1.30. The van der Waals surface area contributed by atoms with E-state index in [0.29, 0.717) is 30.9 Å². The molecule has 1 N–H and O–H groups in total.